The van der Waals surface area contributed by atoms with Gasteiger partial charge in [0.1, 0.15) is 5.75 Å². The average molecular weight is 348 g/mol. The number of rotatable bonds is 5. The number of anilines is 1. The molecule has 0 bridgehead atoms. The molecule has 1 heterocycles. The summed E-state index contributed by atoms with van der Waals surface area (Å²) in [5.74, 6) is 0.717. The average Bonchev–Trinajstić information content (AvgIpc) is 3.38. The highest BCUT2D eigenvalue weighted by Crippen LogP contribution is 2.31. The van der Waals surface area contributed by atoms with E-state index in [0.717, 1.165) is 30.6 Å². The fraction of sp³-hybridized carbons (Fsp3) is 0.294. The normalized spacial score (nSPS) is 13.5. The highest BCUT2D eigenvalue weighted by Gasteiger charge is 2.31. The molecule has 2 aromatic rings. The summed E-state index contributed by atoms with van der Waals surface area (Å²) in [6.45, 7) is 0.743. The predicted octanol–water partition coefficient (Wildman–Crippen LogP) is 4.11. The number of aromatic nitrogens is 1. The molecule has 0 aliphatic heterocycles. The van der Waals surface area contributed by atoms with Gasteiger partial charge in [0, 0.05) is 30.0 Å². The Labute approximate surface area is 146 Å². The molecule has 1 fully saturated rings. The van der Waals surface area contributed by atoms with E-state index in [1.54, 1.807) is 19.4 Å². The molecular weight excluding hydrogens is 330 g/mol. The van der Waals surface area contributed by atoms with Crippen LogP contribution >= 0.6 is 23.8 Å². The largest absolute Gasteiger partial charge is 0.495 e. The number of hydrogen-bond donors (Lipinski definition) is 1. The van der Waals surface area contributed by atoms with E-state index in [0.29, 0.717) is 21.9 Å². The Morgan fingerprint density at radius 2 is 2.26 bits per heavy atom. The first-order valence-electron chi connectivity index (χ1n) is 7.47. The first-order chi connectivity index (χ1) is 11.2. The number of hydrogen-bond acceptors (Lipinski definition) is 3. The van der Waals surface area contributed by atoms with E-state index in [-0.39, 0.29) is 0 Å². The minimum atomic E-state index is 0.486. The number of halogens is 1. The van der Waals surface area contributed by atoms with Gasteiger partial charge >= 0.3 is 0 Å². The lowest BCUT2D eigenvalue weighted by molar-refractivity contribution is 0.406. The van der Waals surface area contributed by atoms with Crippen LogP contribution in [0.15, 0.2) is 42.7 Å². The summed E-state index contributed by atoms with van der Waals surface area (Å²) in [6.07, 6.45) is 5.97. The number of nitrogens with one attached hydrogen (secondary N) is 1. The van der Waals surface area contributed by atoms with Gasteiger partial charge in [-0.25, -0.2) is 0 Å². The molecule has 0 saturated heterocycles. The second-order valence-corrected chi connectivity index (χ2v) is 6.32. The first kappa shape index (κ1) is 16.0. The van der Waals surface area contributed by atoms with Crippen molar-refractivity contribution in [2.75, 3.05) is 12.4 Å². The minimum absolute atomic E-state index is 0.486. The zero-order valence-electron chi connectivity index (χ0n) is 12.8. The van der Waals surface area contributed by atoms with Crippen LogP contribution in [0.2, 0.25) is 5.02 Å². The maximum absolute atomic E-state index is 6.08. The molecule has 6 heteroatoms. The molecule has 4 nitrogen and oxygen atoms in total. The van der Waals surface area contributed by atoms with Crippen molar-refractivity contribution < 1.29 is 4.74 Å². The smallest absolute Gasteiger partial charge is 0.174 e. The molecule has 1 aromatic carbocycles. The molecule has 0 spiro atoms. The molecule has 0 unspecified atom stereocenters. The molecule has 0 radical (unpaired) electrons. The molecule has 1 aliphatic rings. The van der Waals surface area contributed by atoms with Crippen molar-refractivity contribution in [2.45, 2.75) is 25.4 Å². The fourth-order valence-electron chi connectivity index (χ4n) is 2.41. The molecule has 1 saturated carbocycles. The summed E-state index contributed by atoms with van der Waals surface area (Å²) >= 11 is 11.7. The van der Waals surface area contributed by atoms with E-state index in [4.69, 9.17) is 28.6 Å². The summed E-state index contributed by atoms with van der Waals surface area (Å²) in [6, 6.07) is 9.93. The van der Waals surface area contributed by atoms with Crippen LogP contribution in [-0.4, -0.2) is 28.1 Å². The van der Waals surface area contributed by atoms with Crippen molar-refractivity contribution in [3.8, 4) is 5.75 Å². The quantitative estimate of drug-likeness (QED) is 0.824. The Balaban J connectivity index is 1.76. The molecule has 0 atom stereocenters. The van der Waals surface area contributed by atoms with Crippen molar-refractivity contribution >= 4 is 34.6 Å². The second kappa shape index (κ2) is 7.15. The van der Waals surface area contributed by atoms with E-state index in [1.807, 2.05) is 24.4 Å². The lowest BCUT2D eigenvalue weighted by atomic mass is 10.2. The SMILES string of the molecule is COc1ccc(Cl)cc1NC(=S)N(Cc1cccnc1)C1CC1. The zero-order valence-corrected chi connectivity index (χ0v) is 14.4. The Kier molecular flexibility index (Phi) is 4.98. The third-order valence-electron chi connectivity index (χ3n) is 3.73. The van der Waals surface area contributed by atoms with Crippen LogP contribution in [0.1, 0.15) is 18.4 Å². The van der Waals surface area contributed by atoms with Crippen molar-refractivity contribution in [1.82, 2.24) is 9.88 Å². The highest BCUT2D eigenvalue weighted by atomic mass is 35.5. The van der Waals surface area contributed by atoms with Crippen molar-refractivity contribution in [3.63, 3.8) is 0 Å². The molecule has 23 heavy (non-hydrogen) atoms. The van der Waals surface area contributed by atoms with E-state index in [2.05, 4.69) is 21.3 Å². The minimum Gasteiger partial charge on any atom is -0.495 e. The van der Waals surface area contributed by atoms with Gasteiger partial charge in [0.2, 0.25) is 0 Å². The van der Waals surface area contributed by atoms with Gasteiger partial charge in [0.25, 0.3) is 0 Å². The molecule has 1 N–H and O–H groups in total. The van der Waals surface area contributed by atoms with Crippen LogP contribution in [-0.2, 0) is 6.54 Å². The van der Waals surface area contributed by atoms with Gasteiger partial charge in [-0.15, -0.1) is 0 Å². The van der Waals surface area contributed by atoms with Crippen LogP contribution in [0, 0.1) is 0 Å². The third-order valence-corrected chi connectivity index (χ3v) is 4.30. The van der Waals surface area contributed by atoms with E-state index < -0.39 is 0 Å². The number of methoxy groups -OCH3 is 1. The van der Waals surface area contributed by atoms with Crippen molar-refractivity contribution in [3.05, 3.63) is 53.3 Å². The summed E-state index contributed by atoms with van der Waals surface area (Å²) in [5.41, 5.74) is 1.92. The first-order valence-corrected chi connectivity index (χ1v) is 8.26. The van der Waals surface area contributed by atoms with Gasteiger partial charge in [0.15, 0.2) is 5.11 Å². The molecular formula is C17H18ClN3OS. The maximum Gasteiger partial charge on any atom is 0.174 e. The summed E-state index contributed by atoms with van der Waals surface area (Å²) in [5, 5.41) is 4.59. The Morgan fingerprint density at radius 3 is 2.91 bits per heavy atom. The van der Waals surface area contributed by atoms with Gasteiger partial charge in [0.05, 0.1) is 12.8 Å². The van der Waals surface area contributed by atoms with E-state index in [1.165, 1.54) is 0 Å². The summed E-state index contributed by atoms with van der Waals surface area (Å²) < 4.78 is 5.37. The standard InChI is InChI=1S/C17H18ClN3OS/c1-22-16-7-4-13(18)9-15(16)20-17(23)21(14-5-6-14)11-12-3-2-8-19-10-12/h2-4,7-10,14H,5-6,11H2,1H3,(H,20,23). The van der Waals surface area contributed by atoms with Gasteiger partial charge in [-0.3, -0.25) is 4.98 Å². The van der Waals surface area contributed by atoms with Gasteiger partial charge in [-0.1, -0.05) is 17.7 Å². The van der Waals surface area contributed by atoms with Crippen LogP contribution in [0.5, 0.6) is 5.75 Å². The fourth-order valence-corrected chi connectivity index (χ4v) is 2.90. The Bertz CT molecular complexity index is 691. The lowest BCUT2D eigenvalue weighted by Crippen LogP contribution is -2.36. The van der Waals surface area contributed by atoms with Crippen molar-refractivity contribution in [1.29, 1.82) is 0 Å². The summed E-state index contributed by atoms with van der Waals surface area (Å²) in [4.78, 5) is 6.37. The van der Waals surface area contributed by atoms with Crippen LogP contribution in [0.4, 0.5) is 5.69 Å². The lowest BCUT2D eigenvalue weighted by Gasteiger charge is -2.26. The monoisotopic (exact) mass is 347 g/mol. The summed E-state index contributed by atoms with van der Waals surface area (Å²) in [7, 11) is 1.63. The zero-order chi connectivity index (χ0) is 16.2. The third kappa shape index (κ3) is 4.12. The van der Waals surface area contributed by atoms with Crippen LogP contribution in [0.25, 0.3) is 0 Å². The number of ether oxygens (including phenoxy) is 1. The number of nitrogens with zero attached hydrogens (tertiary/aromatic N) is 2. The van der Waals surface area contributed by atoms with E-state index >= 15 is 0 Å². The number of pyridine rings is 1. The van der Waals surface area contributed by atoms with Gasteiger partial charge in [-0.2, -0.15) is 0 Å². The predicted molar refractivity (Wildman–Crippen MR) is 97.0 cm³/mol. The van der Waals surface area contributed by atoms with E-state index in [9.17, 15) is 0 Å². The van der Waals surface area contributed by atoms with Crippen LogP contribution in [0.3, 0.4) is 0 Å². The molecule has 3 rings (SSSR count). The number of benzene rings is 1. The molecule has 1 aromatic heterocycles. The van der Waals surface area contributed by atoms with Crippen LogP contribution < -0.4 is 10.1 Å². The second-order valence-electron chi connectivity index (χ2n) is 5.50. The molecule has 0 amide bonds. The number of thiocarbonyl (C=S) groups is 1. The van der Waals surface area contributed by atoms with Crippen molar-refractivity contribution in [2.24, 2.45) is 0 Å². The Hall–Kier alpha value is -1.85. The highest BCUT2D eigenvalue weighted by molar-refractivity contribution is 7.80. The maximum atomic E-state index is 6.08. The topological polar surface area (TPSA) is 37.4 Å². The Morgan fingerprint density at radius 1 is 1.43 bits per heavy atom. The molecule has 1 aliphatic carbocycles. The molecule has 120 valence electrons. The van der Waals surface area contributed by atoms with Gasteiger partial charge < -0.3 is 15.0 Å². The van der Waals surface area contributed by atoms with Gasteiger partial charge in [-0.05, 0) is 54.9 Å².